The summed E-state index contributed by atoms with van der Waals surface area (Å²) in [7, 11) is 0. The fraction of sp³-hybridized carbons (Fsp3) is 0.750. The van der Waals surface area contributed by atoms with E-state index < -0.39 is 5.97 Å². The molecule has 0 spiro atoms. The van der Waals surface area contributed by atoms with Gasteiger partial charge in [0.05, 0.1) is 5.92 Å². The van der Waals surface area contributed by atoms with E-state index in [1.54, 1.807) is 0 Å². The zero-order valence-electron chi connectivity index (χ0n) is 14.9. The Labute approximate surface area is 135 Å². The topological polar surface area (TPSA) is 37.3 Å². The number of rotatable bonds is 4. The summed E-state index contributed by atoms with van der Waals surface area (Å²) in [6, 6.07) is 0. The van der Waals surface area contributed by atoms with Crippen molar-refractivity contribution in [2.75, 3.05) is 0 Å². The molecule has 0 radical (unpaired) electrons. The third kappa shape index (κ3) is 3.02. The van der Waals surface area contributed by atoms with Crippen molar-refractivity contribution in [1.29, 1.82) is 0 Å². The minimum absolute atomic E-state index is 0.0807. The Morgan fingerprint density at radius 1 is 1.36 bits per heavy atom. The molecule has 0 aromatic heterocycles. The lowest BCUT2D eigenvalue weighted by Gasteiger charge is -2.56. The van der Waals surface area contributed by atoms with Crippen LogP contribution in [0.15, 0.2) is 23.3 Å². The minimum Gasteiger partial charge on any atom is -0.481 e. The quantitative estimate of drug-likeness (QED) is 0.687. The maximum atomic E-state index is 11.9. The second kappa shape index (κ2) is 6.22. The third-order valence-electron chi connectivity index (χ3n) is 6.41. The molecule has 0 amide bonds. The monoisotopic (exact) mass is 304 g/mol. The van der Waals surface area contributed by atoms with E-state index >= 15 is 0 Å². The largest absolute Gasteiger partial charge is 0.481 e. The van der Waals surface area contributed by atoms with Crippen molar-refractivity contribution < 1.29 is 9.90 Å². The molecule has 0 aromatic carbocycles. The maximum Gasteiger partial charge on any atom is 0.311 e. The average molecular weight is 304 g/mol. The summed E-state index contributed by atoms with van der Waals surface area (Å²) >= 11 is 0. The van der Waals surface area contributed by atoms with E-state index in [2.05, 4.69) is 39.8 Å². The van der Waals surface area contributed by atoms with Crippen LogP contribution in [0.5, 0.6) is 0 Å². The zero-order valence-corrected chi connectivity index (χ0v) is 14.9. The van der Waals surface area contributed by atoms with Gasteiger partial charge in [0.25, 0.3) is 0 Å². The number of carboxylic acids is 1. The number of aliphatic carboxylic acids is 1. The first-order valence-electron chi connectivity index (χ1n) is 8.73. The van der Waals surface area contributed by atoms with Crippen molar-refractivity contribution in [2.45, 2.75) is 73.1 Å². The van der Waals surface area contributed by atoms with E-state index in [9.17, 15) is 9.90 Å². The number of hydrogen-bond donors (Lipinski definition) is 1. The summed E-state index contributed by atoms with van der Waals surface area (Å²) in [6.45, 7) is 11.0. The molecule has 2 aliphatic rings. The van der Waals surface area contributed by atoms with Gasteiger partial charge in [-0.15, -0.1) is 0 Å². The molecule has 0 bridgehead atoms. The van der Waals surface area contributed by atoms with Crippen LogP contribution in [-0.2, 0) is 4.79 Å². The number of fused-ring (bicyclic) bond motifs is 1. The molecule has 0 heterocycles. The average Bonchev–Trinajstić information content (AvgIpc) is 2.36. The van der Waals surface area contributed by atoms with E-state index in [0.29, 0.717) is 5.92 Å². The van der Waals surface area contributed by atoms with Crippen LogP contribution in [0.2, 0.25) is 0 Å². The first-order valence-corrected chi connectivity index (χ1v) is 8.73. The molecule has 22 heavy (non-hydrogen) atoms. The van der Waals surface area contributed by atoms with Gasteiger partial charge in [-0.3, -0.25) is 4.79 Å². The van der Waals surface area contributed by atoms with E-state index in [1.807, 2.05) is 6.92 Å². The molecule has 2 heteroatoms. The number of allylic oxidation sites excluding steroid dienone is 3. The lowest BCUT2D eigenvalue weighted by molar-refractivity contribution is -0.151. The van der Waals surface area contributed by atoms with Gasteiger partial charge in [-0.2, -0.15) is 0 Å². The van der Waals surface area contributed by atoms with Crippen LogP contribution in [0.25, 0.3) is 0 Å². The van der Waals surface area contributed by atoms with Crippen LogP contribution in [0.3, 0.4) is 0 Å². The van der Waals surface area contributed by atoms with Crippen LogP contribution in [-0.4, -0.2) is 11.1 Å². The fourth-order valence-electron chi connectivity index (χ4n) is 5.33. The molecule has 2 aliphatic carbocycles. The van der Waals surface area contributed by atoms with Crippen molar-refractivity contribution in [3.8, 4) is 0 Å². The molecular weight excluding hydrogens is 272 g/mol. The molecule has 4 atom stereocenters. The van der Waals surface area contributed by atoms with Gasteiger partial charge in [0.15, 0.2) is 0 Å². The second-order valence-electron chi connectivity index (χ2n) is 8.34. The van der Waals surface area contributed by atoms with Crippen LogP contribution in [0.1, 0.15) is 73.1 Å². The van der Waals surface area contributed by atoms with Crippen molar-refractivity contribution in [1.82, 2.24) is 0 Å². The Bertz CT molecular complexity index is 498. The molecule has 1 fully saturated rings. The highest BCUT2D eigenvalue weighted by molar-refractivity contribution is 5.75. The van der Waals surface area contributed by atoms with Crippen molar-refractivity contribution in [3.05, 3.63) is 23.3 Å². The normalized spacial score (nSPS) is 38.0. The molecule has 1 N–H and O–H groups in total. The highest BCUT2D eigenvalue weighted by Crippen LogP contribution is 2.61. The minimum atomic E-state index is -0.630. The maximum absolute atomic E-state index is 11.9. The number of carboxylic acid groups (broad SMARTS) is 1. The second-order valence-corrected chi connectivity index (χ2v) is 8.34. The molecule has 2 nitrogen and oxygen atoms in total. The highest BCUT2D eigenvalue weighted by Gasteiger charge is 2.55. The van der Waals surface area contributed by atoms with Gasteiger partial charge in [0.1, 0.15) is 0 Å². The van der Waals surface area contributed by atoms with Gasteiger partial charge >= 0.3 is 5.97 Å². The molecule has 0 saturated heterocycles. The molecule has 2 rings (SSSR count). The van der Waals surface area contributed by atoms with Crippen LogP contribution in [0, 0.1) is 22.7 Å². The van der Waals surface area contributed by atoms with E-state index in [0.717, 1.165) is 31.3 Å². The number of carbonyl (C=O) groups is 1. The summed E-state index contributed by atoms with van der Waals surface area (Å²) in [4.78, 5) is 11.9. The van der Waals surface area contributed by atoms with Crippen molar-refractivity contribution >= 4 is 5.97 Å². The molecule has 0 unspecified atom stereocenters. The smallest absolute Gasteiger partial charge is 0.311 e. The summed E-state index contributed by atoms with van der Waals surface area (Å²) in [5.74, 6) is -0.437. The van der Waals surface area contributed by atoms with Gasteiger partial charge in [0, 0.05) is 0 Å². The fourth-order valence-corrected chi connectivity index (χ4v) is 5.33. The molecular formula is C20H32O2. The van der Waals surface area contributed by atoms with Crippen molar-refractivity contribution in [3.63, 3.8) is 0 Å². The predicted molar refractivity (Wildman–Crippen MR) is 91.7 cm³/mol. The third-order valence-corrected chi connectivity index (χ3v) is 6.41. The number of hydrogen-bond acceptors (Lipinski definition) is 1. The summed E-state index contributed by atoms with van der Waals surface area (Å²) in [5, 5.41) is 9.78. The highest BCUT2D eigenvalue weighted by atomic mass is 16.4. The van der Waals surface area contributed by atoms with Gasteiger partial charge < -0.3 is 5.11 Å². The van der Waals surface area contributed by atoms with E-state index in [4.69, 9.17) is 0 Å². The molecule has 124 valence electrons. The van der Waals surface area contributed by atoms with Crippen LogP contribution < -0.4 is 0 Å². The lowest BCUT2D eigenvalue weighted by Crippen LogP contribution is -2.51. The van der Waals surface area contributed by atoms with Crippen LogP contribution in [0.4, 0.5) is 0 Å². The van der Waals surface area contributed by atoms with Crippen LogP contribution >= 0.6 is 0 Å². The zero-order chi connectivity index (χ0) is 16.5. The Morgan fingerprint density at radius 2 is 2.05 bits per heavy atom. The van der Waals surface area contributed by atoms with Crippen molar-refractivity contribution in [2.24, 2.45) is 22.7 Å². The van der Waals surface area contributed by atoms with E-state index in [-0.39, 0.29) is 16.7 Å². The van der Waals surface area contributed by atoms with Gasteiger partial charge in [-0.05, 0) is 69.6 Å². The summed E-state index contributed by atoms with van der Waals surface area (Å²) < 4.78 is 0. The SMILES string of the molecule is CC(C)=CCC[C@]1(C)CCC[C@]2(C)[C@@H](C(=O)O)C(C)=CC[C@@H]12. The Kier molecular flexibility index (Phi) is 4.89. The van der Waals surface area contributed by atoms with Gasteiger partial charge in [-0.1, -0.05) is 43.6 Å². The molecule has 1 saturated carbocycles. The first-order chi connectivity index (χ1) is 10.2. The Hall–Kier alpha value is -1.05. The Balaban J connectivity index is 2.30. The van der Waals surface area contributed by atoms with E-state index in [1.165, 1.54) is 18.4 Å². The summed E-state index contributed by atoms with van der Waals surface area (Å²) in [6.07, 6.45) is 11.3. The Morgan fingerprint density at radius 3 is 2.64 bits per heavy atom. The van der Waals surface area contributed by atoms with Gasteiger partial charge in [-0.25, -0.2) is 0 Å². The lowest BCUT2D eigenvalue weighted by atomic mass is 9.47. The summed E-state index contributed by atoms with van der Waals surface area (Å²) in [5.41, 5.74) is 2.64. The molecule has 0 aliphatic heterocycles. The predicted octanol–water partition coefficient (Wildman–Crippen LogP) is 5.60. The standard InChI is InChI=1S/C20H32O2/c1-14(2)8-6-11-19(4)12-7-13-20(5)16(19)10-9-15(3)17(20)18(21)22/h8-9,16-17H,6-7,10-13H2,1-5H3,(H,21,22)/t16-,17+,19+,20-/m0/s1. The van der Waals surface area contributed by atoms with Gasteiger partial charge in [0.2, 0.25) is 0 Å². The molecule has 0 aromatic rings. The first kappa shape index (κ1) is 17.3.